The third-order valence-electron chi connectivity index (χ3n) is 2.49. The standard InChI is InChI=1S/C15H22O2/c1-4-7-12-17-15-11-8-10-14(16-6-3)13(15)9-5-2/h5,8,10-11H,2,4,6-7,9,12H2,1,3H3. The topological polar surface area (TPSA) is 18.5 Å². The van der Waals surface area contributed by atoms with E-state index in [1.54, 1.807) is 0 Å². The zero-order valence-corrected chi connectivity index (χ0v) is 10.9. The highest BCUT2D eigenvalue weighted by Gasteiger charge is 2.08. The van der Waals surface area contributed by atoms with Crippen LogP contribution in [0.2, 0.25) is 0 Å². The molecule has 0 aliphatic rings. The summed E-state index contributed by atoms with van der Waals surface area (Å²) in [7, 11) is 0. The molecule has 0 saturated heterocycles. The van der Waals surface area contributed by atoms with Crippen molar-refractivity contribution in [3.8, 4) is 11.5 Å². The fraction of sp³-hybridized carbons (Fsp3) is 0.467. The number of rotatable bonds is 8. The van der Waals surface area contributed by atoms with Gasteiger partial charge in [0, 0.05) is 5.56 Å². The molecule has 0 amide bonds. The minimum Gasteiger partial charge on any atom is -0.493 e. The van der Waals surface area contributed by atoms with E-state index in [1.165, 1.54) is 0 Å². The molecule has 2 nitrogen and oxygen atoms in total. The van der Waals surface area contributed by atoms with E-state index in [9.17, 15) is 0 Å². The molecule has 0 spiro atoms. The Labute approximate surface area is 104 Å². The van der Waals surface area contributed by atoms with E-state index in [2.05, 4.69) is 13.5 Å². The third kappa shape index (κ3) is 4.14. The molecule has 0 fully saturated rings. The highest BCUT2D eigenvalue weighted by atomic mass is 16.5. The molecule has 0 saturated carbocycles. The summed E-state index contributed by atoms with van der Waals surface area (Å²) in [6.07, 6.45) is 4.87. The van der Waals surface area contributed by atoms with Gasteiger partial charge in [-0.3, -0.25) is 0 Å². The van der Waals surface area contributed by atoms with Crippen LogP contribution in [0.25, 0.3) is 0 Å². The predicted octanol–water partition coefficient (Wildman–Crippen LogP) is 3.99. The van der Waals surface area contributed by atoms with Gasteiger partial charge in [-0.2, -0.15) is 0 Å². The molecule has 0 unspecified atom stereocenters. The average Bonchev–Trinajstić information content (AvgIpc) is 2.33. The molecule has 17 heavy (non-hydrogen) atoms. The highest BCUT2D eigenvalue weighted by molar-refractivity contribution is 5.45. The van der Waals surface area contributed by atoms with E-state index in [1.807, 2.05) is 31.2 Å². The molecule has 2 heteroatoms. The Morgan fingerprint density at radius 1 is 1.18 bits per heavy atom. The molecule has 0 aliphatic heterocycles. The van der Waals surface area contributed by atoms with Crippen molar-refractivity contribution < 1.29 is 9.47 Å². The van der Waals surface area contributed by atoms with Crippen LogP contribution in [-0.2, 0) is 6.42 Å². The summed E-state index contributed by atoms with van der Waals surface area (Å²) in [6.45, 7) is 9.36. The molecule has 1 aromatic carbocycles. The molecule has 0 aliphatic carbocycles. The number of unbranched alkanes of at least 4 members (excludes halogenated alkanes) is 1. The van der Waals surface area contributed by atoms with E-state index in [0.717, 1.165) is 42.9 Å². The van der Waals surface area contributed by atoms with Gasteiger partial charge in [0.05, 0.1) is 13.2 Å². The molecule has 94 valence electrons. The van der Waals surface area contributed by atoms with Crippen LogP contribution in [0.3, 0.4) is 0 Å². The van der Waals surface area contributed by atoms with Crippen LogP contribution in [0, 0.1) is 0 Å². The Balaban J connectivity index is 2.85. The summed E-state index contributed by atoms with van der Waals surface area (Å²) < 4.78 is 11.4. The maximum Gasteiger partial charge on any atom is 0.126 e. The van der Waals surface area contributed by atoms with Gasteiger partial charge in [-0.25, -0.2) is 0 Å². The second-order valence-corrected chi connectivity index (χ2v) is 3.86. The Morgan fingerprint density at radius 2 is 1.88 bits per heavy atom. The average molecular weight is 234 g/mol. The van der Waals surface area contributed by atoms with Crippen LogP contribution < -0.4 is 9.47 Å². The summed E-state index contributed by atoms with van der Waals surface area (Å²) in [5.41, 5.74) is 1.10. The second-order valence-electron chi connectivity index (χ2n) is 3.86. The van der Waals surface area contributed by atoms with Gasteiger partial charge >= 0.3 is 0 Å². The van der Waals surface area contributed by atoms with Crippen LogP contribution in [0.15, 0.2) is 30.9 Å². The first-order valence-corrected chi connectivity index (χ1v) is 6.31. The Morgan fingerprint density at radius 3 is 2.47 bits per heavy atom. The molecule has 0 aromatic heterocycles. The van der Waals surface area contributed by atoms with Crippen molar-refractivity contribution in [3.63, 3.8) is 0 Å². The minimum atomic E-state index is 0.669. The normalized spacial score (nSPS) is 10.0. The van der Waals surface area contributed by atoms with Crippen molar-refractivity contribution in [2.75, 3.05) is 13.2 Å². The third-order valence-corrected chi connectivity index (χ3v) is 2.49. The first-order valence-electron chi connectivity index (χ1n) is 6.31. The quantitative estimate of drug-likeness (QED) is 0.500. The van der Waals surface area contributed by atoms with Crippen LogP contribution in [-0.4, -0.2) is 13.2 Å². The molecule has 0 bridgehead atoms. The first-order chi connectivity index (χ1) is 8.33. The van der Waals surface area contributed by atoms with Crippen molar-refractivity contribution in [1.82, 2.24) is 0 Å². The first kappa shape index (κ1) is 13.6. The van der Waals surface area contributed by atoms with E-state index in [4.69, 9.17) is 9.47 Å². The summed E-state index contributed by atoms with van der Waals surface area (Å²) in [4.78, 5) is 0. The fourth-order valence-corrected chi connectivity index (χ4v) is 1.64. The minimum absolute atomic E-state index is 0.669. The van der Waals surface area contributed by atoms with Crippen molar-refractivity contribution in [1.29, 1.82) is 0 Å². The maximum absolute atomic E-state index is 5.79. The number of benzene rings is 1. The summed E-state index contributed by atoms with van der Waals surface area (Å²) in [6, 6.07) is 5.95. The van der Waals surface area contributed by atoms with Crippen LogP contribution in [0.1, 0.15) is 32.3 Å². The molecule has 0 N–H and O–H groups in total. The molecular formula is C15H22O2. The molecular weight excluding hydrogens is 212 g/mol. The Hall–Kier alpha value is -1.44. The smallest absolute Gasteiger partial charge is 0.126 e. The molecule has 0 atom stereocenters. The van der Waals surface area contributed by atoms with Crippen LogP contribution >= 0.6 is 0 Å². The summed E-state index contributed by atoms with van der Waals surface area (Å²) in [5.74, 6) is 1.82. The van der Waals surface area contributed by atoms with Gasteiger partial charge in [-0.15, -0.1) is 6.58 Å². The molecule has 0 heterocycles. The van der Waals surface area contributed by atoms with E-state index in [-0.39, 0.29) is 0 Å². The van der Waals surface area contributed by atoms with E-state index < -0.39 is 0 Å². The highest BCUT2D eigenvalue weighted by Crippen LogP contribution is 2.29. The predicted molar refractivity (Wildman–Crippen MR) is 71.9 cm³/mol. The van der Waals surface area contributed by atoms with Gasteiger partial charge in [0.2, 0.25) is 0 Å². The SMILES string of the molecule is C=CCc1c(OCC)cccc1OCCCC. The van der Waals surface area contributed by atoms with E-state index >= 15 is 0 Å². The molecule has 0 radical (unpaired) electrons. The van der Waals surface area contributed by atoms with Gasteiger partial charge in [0.1, 0.15) is 11.5 Å². The fourth-order valence-electron chi connectivity index (χ4n) is 1.64. The van der Waals surface area contributed by atoms with Gasteiger partial charge in [-0.05, 0) is 31.9 Å². The zero-order valence-electron chi connectivity index (χ0n) is 10.9. The monoisotopic (exact) mass is 234 g/mol. The zero-order chi connectivity index (χ0) is 12.5. The Bertz CT molecular complexity index is 345. The number of hydrogen-bond donors (Lipinski definition) is 0. The summed E-state index contributed by atoms with van der Waals surface area (Å²) in [5, 5.41) is 0. The summed E-state index contributed by atoms with van der Waals surface area (Å²) >= 11 is 0. The van der Waals surface area contributed by atoms with Crippen molar-refractivity contribution in [2.45, 2.75) is 33.1 Å². The second kappa shape index (κ2) is 7.77. The van der Waals surface area contributed by atoms with Crippen molar-refractivity contribution >= 4 is 0 Å². The lowest BCUT2D eigenvalue weighted by Crippen LogP contribution is -2.02. The van der Waals surface area contributed by atoms with Crippen molar-refractivity contribution in [2.24, 2.45) is 0 Å². The number of ether oxygens (including phenoxy) is 2. The Kier molecular flexibility index (Phi) is 6.23. The lowest BCUT2D eigenvalue weighted by Gasteiger charge is -2.14. The maximum atomic E-state index is 5.79. The lowest BCUT2D eigenvalue weighted by atomic mass is 10.1. The largest absolute Gasteiger partial charge is 0.493 e. The number of hydrogen-bond acceptors (Lipinski definition) is 2. The van der Waals surface area contributed by atoms with Gasteiger partial charge in [0.15, 0.2) is 0 Å². The molecule has 1 rings (SSSR count). The van der Waals surface area contributed by atoms with Gasteiger partial charge in [-0.1, -0.05) is 25.5 Å². The molecule has 1 aromatic rings. The van der Waals surface area contributed by atoms with Gasteiger partial charge < -0.3 is 9.47 Å². The lowest BCUT2D eigenvalue weighted by molar-refractivity contribution is 0.298. The van der Waals surface area contributed by atoms with Gasteiger partial charge in [0.25, 0.3) is 0 Å². The number of allylic oxidation sites excluding steroid dienone is 1. The van der Waals surface area contributed by atoms with Crippen LogP contribution in [0.5, 0.6) is 11.5 Å². The van der Waals surface area contributed by atoms with Crippen LogP contribution in [0.4, 0.5) is 0 Å². The van der Waals surface area contributed by atoms with Crippen molar-refractivity contribution in [3.05, 3.63) is 36.4 Å². The van der Waals surface area contributed by atoms with E-state index in [0.29, 0.717) is 6.61 Å².